The van der Waals surface area contributed by atoms with Crippen molar-refractivity contribution in [3.8, 4) is 0 Å². The first-order valence-corrected chi connectivity index (χ1v) is 7.69. The summed E-state index contributed by atoms with van der Waals surface area (Å²) < 4.78 is 23.2. The lowest BCUT2D eigenvalue weighted by molar-refractivity contribution is 0.0953. The number of hydrogen-bond acceptors (Lipinski definition) is 4. The molecule has 1 saturated heterocycles. The first kappa shape index (κ1) is 13.3. The van der Waals surface area contributed by atoms with E-state index in [2.05, 4.69) is 10.3 Å². The van der Waals surface area contributed by atoms with Gasteiger partial charge >= 0.3 is 0 Å². The fourth-order valence-corrected chi connectivity index (χ4v) is 3.92. The summed E-state index contributed by atoms with van der Waals surface area (Å²) in [6, 6.07) is 1.50. The molecule has 1 aromatic heterocycles. The van der Waals surface area contributed by atoms with Gasteiger partial charge in [0, 0.05) is 18.9 Å². The maximum absolute atomic E-state index is 11.8. The number of aromatic nitrogens is 1. The molecule has 1 aliphatic rings. The maximum atomic E-state index is 11.8. The van der Waals surface area contributed by atoms with Crippen molar-refractivity contribution in [2.24, 2.45) is 0 Å². The van der Waals surface area contributed by atoms with E-state index in [1.165, 1.54) is 18.5 Å². The Hall–Kier alpha value is -1.14. The topological polar surface area (TPSA) is 76.1 Å². The SMILES string of the molecule is O=C(NCC1CCCS1(=O)=O)c1ccncc1Cl. The van der Waals surface area contributed by atoms with Gasteiger partial charge in [-0.05, 0) is 18.9 Å². The van der Waals surface area contributed by atoms with Gasteiger partial charge in [0.25, 0.3) is 5.91 Å². The normalized spacial score (nSPS) is 21.7. The Morgan fingerprint density at radius 1 is 1.56 bits per heavy atom. The summed E-state index contributed by atoms with van der Waals surface area (Å²) in [7, 11) is -3.04. The van der Waals surface area contributed by atoms with Gasteiger partial charge in [0.15, 0.2) is 9.84 Å². The van der Waals surface area contributed by atoms with E-state index < -0.39 is 15.1 Å². The Balaban J connectivity index is 1.99. The quantitative estimate of drug-likeness (QED) is 0.902. The molecular formula is C11H13ClN2O3S. The highest BCUT2D eigenvalue weighted by atomic mass is 35.5. The molecule has 2 rings (SSSR count). The number of hydrogen-bond donors (Lipinski definition) is 1. The van der Waals surface area contributed by atoms with Crippen LogP contribution in [0.2, 0.25) is 5.02 Å². The van der Waals surface area contributed by atoms with Crippen LogP contribution < -0.4 is 5.32 Å². The van der Waals surface area contributed by atoms with Crippen molar-refractivity contribution in [3.63, 3.8) is 0 Å². The van der Waals surface area contributed by atoms with Gasteiger partial charge in [-0.1, -0.05) is 11.6 Å². The highest BCUT2D eigenvalue weighted by Crippen LogP contribution is 2.19. The Kier molecular flexibility index (Phi) is 3.87. The average Bonchev–Trinajstić information content (AvgIpc) is 2.66. The number of pyridine rings is 1. The van der Waals surface area contributed by atoms with E-state index in [0.29, 0.717) is 18.4 Å². The number of nitrogens with one attached hydrogen (secondary N) is 1. The number of nitrogens with zero attached hydrogens (tertiary/aromatic N) is 1. The number of halogens is 1. The molecule has 5 nitrogen and oxygen atoms in total. The Labute approximate surface area is 110 Å². The van der Waals surface area contributed by atoms with Crippen LogP contribution in [0.1, 0.15) is 23.2 Å². The molecule has 2 heterocycles. The number of sulfone groups is 1. The maximum Gasteiger partial charge on any atom is 0.252 e. The third-order valence-corrected chi connectivity index (χ3v) is 5.55. The van der Waals surface area contributed by atoms with Crippen molar-refractivity contribution in [1.29, 1.82) is 0 Å². The van der Waals surface area contributed by atoms with Crippen LogP contribution in [-0.2, 0) is 9.84 Å². The first-order chi connectivity index (χ1) is 8.50. The van der Waals surface area contributed by atoms with Gasteiger partial charge in [-0.3, -0.25) is 9.78 Å². The zero-order chi connectivity index (χ0) is 13.2. The molecule has 7 heteroatoms. The van der Waals surface area contributed by atoms with Gasteiger partial charge in [-0.15, -0.1) is 0 Å². The summed E-state index contributed by atoms with van der Waals surface area (Å²) in [5.41, 5.74) is 0.307. The summed E-state index contributed by atoms with van der Waals surface area (Å²) in [6.07, 6.45) is 4.11. The monoisotopic (exact) mass is 288 g/mol. The van der Waals surface area contributed by atoms with Gasteiger partial charge < -0.3 is 5.32 Å². The van der Waals surface area contributed by atoms with Crippen LogP contribution in [0.5, 0.6) is 0 Å². The standard InChI is InChI=1S/C11H13ClN2O3S/c12-10-7-13-4-3-9(10)11(15)14-6-8-2-1-5-18(8,16)17/h3-4,7-8H,1-2,5-6H2,(H,14,15). The third kappa shape index (κ3) is 2.81. The highest BCUT2D eigenvalue weighted by molar-refractivity contribution is 7.92. The van der Waals surface area contributed by atoms with Gasteiger partial charge in [-0.2, -0.15) is 0 Å². The predicted molar refractivity (Wildman–Crippen MR) is 68.4 cm³/mol. The van der Waals surface area contributed by atoms with Crippen molar-refractivity contribution in [3.05, 3.63) is 29.0 Å². The van der Waals surface area contributed by atoms with E-state index in [0.717, 1.165) is 0 Å². The molecule has 0 saturated carbocycles. The van der Waals surface area contributed by atoms with Crippen molar-refractivity contribution in [2.75, 3.05) is 12.3 Å². The molecule has 1 aromatic rings. The molecule has 0 spiro atoms. The molecule has 0 aromatic carbocycles. The zero-order valence-electron chi connectivity index (χ0n) is 9.60. The van der Waals surface area contributed by atoms with Crippen LogP contribution in [0.25, 0.3) is 0 Å². The lowest BCUT2D eigenvalue weighted by Crippen LogP contribution is -2.34. The second-order valence-electron chi connectivity index (χ2n) is 4.20. The van der Waals surface area contributed by atoms with E-state index in [9.17, 15) is 13.2 Å². The van der Waals surface area contributed by atoms with Crippen molar-refractivity contribution in [2.45, 2.75) is 18.1 Å². The number of carbonyl (C=O) groups excluding carboxylic acids is 1. The van der Waals surface area contributed by atoms with Crippen molar-refractivity contribution < 1.29 is 13.2 Å². The number of rotatable bonds is 3. The largest absolute Gasteiger partial charge is 0.351 e. The minimum atomic E-state index is -3.04. The van der Waals surface area contributed by atoms with Crippen LogP contribution in [-0.4, -0.2) is 36.9 Å². The second kappa shape index (κ2) is 5.24. The molecule has 1 aliphatic heterocycles. The second-order valence-corrected chi connectivity index (χ2v) is 7.00. The van der Waals surface area contributed by atoms with Crippen LogP contribution >= 0.6 is 11.6 Å². The molecule has 0 aliphatic carbocycles. The van der Waals surface area contributed by atoms with Crippen LogP contribution in [0, 0.1) is 0 Å². The Morgan fingerprint density at radius 3 is 2.94 bits per heavy atom. The van der Waals surface area contributed by atoms with E-state index in [1.807, 2.05) is 0 Å². The zero-order valence-corrected chi connectivity index (χ0v) is 11.2. The van der Waals surface area contributed by atoms with E-state index in [4.69, 9.17) is 11.6 Å². The first-order valence-electron chi connectivity index (χ1n) is 5.60. The predicted octanol–water partition coefficient (Wildman–Crippen LogP) is 1.04. The molecule has 0 radical (unpaired) electrons. The van der Waals surface area contributed by atoms with Crippen molar-refractivity contribution >= 4 is 27.3 Å². The van der Waals surface area contributed by atoms with Crippen LogP contribution in [0.15, 0.2) is 18.5 Å². The number of carbonyl (C=O) groups is 1. The van der Waals surface area contributed by atoms with Gasteiger partial charge in [0.2, 0.25) is 0 Å². The smallest absolute Gasteiger partial charge is 0.252 e. The summed E-state index contributed by atoms with van der Waals surface area (Å²) >= 11 is 5.83. The summed E-state index contributed by atoms with van der Waals surface area (Å²) in [5.74, 6) is -0.159. The molecule has 0 bridgehead atoms. The minimum absolute atomic E-state index is 0.139. The minimum Gasteiger partial charge on any atom is -0.351 e. The Bertz CT molecular complexity index is 559. The fourth-order valence-electron chi connectivity index (χ4n) is 1.95. The molecule has 1 fully saturated rings. The van der Waals surface area contributed by atoms with E-state index in [-0.39, 0.29) is 23.2 Å². The molecule has 1 atom stereocenters. The summed E-state index contributed by atoms with van der Waals surface area (Å²) in [5, 5.41) is 2.39. The molecule has 1 unspecified atom stereocenters. The molecule has 98 valence electrons. The molecular weight excluding hydrogens is 276 g/mol. The summed E-state index contributed by atoms with van der Waals surface area (Å²) in [4.78, 5) is 15.6. The lowest BCUT2D eigenvalue weighted by Gasteiger charge is -2.11. The third-order valence-electron chi connectivity index (χ3n) is 2.97. The molecule has 1 N–H and O–H groups in total. The average molecular weight is 289 g/mol. The van der Waals surface area contributed by atoms with Gasteiger partial charge in [0.1, 0.15) is 0 Å². The molecule has 1 amide bonds. The van der Waals surface area contributed by atoms with Gasteiger partial charge in [0.05, 0.1) is 21.6 Å². The Morgan fingerprint density at radius 2 is 2.33 bits per heavy atom. The van der Waals surface area contributed by atoms with Gasteiger partial charge in [-0.25, -0.2) is 8.42 Å². The van der Waals surface area contributed by atoms with Crippen LogP contribution in [0.3, 0.4) is 0 Å². The number of amides is 1. The van der Waals surface area contributed by atoms with E-state index in [1.54, 1.807) is 0 Å². The summed E-state index contributed by atoms with van der Waals surface area (Å²) in [6.45, 7) is 0.139. The highest BCUT2D eigenvalue weighted by Gasteiger charge is 2.31. The van der Waals surface area contributed by atoms with Crippen molar-refractivity contribution in [1.82, 2.24) is 10.3 Å². The van der Waals surface area contributed by atoms with E-state index >= 15 is 0 Å². The lowest BCUT2D eigenvalue weighted by atomic mass is 10.2. The molecule has 18 heavy (non-hydrogen) atoms. The van der Waals surface area contributed by atoms with Crippen LogP contribution in [0.4, 0.5) is 0 Å². The fraction of sp³-hybridized carbons (Fsp3) is 0.455.